The molecule has 4 atom stereocenters. The van der Waals surface area contributed by atoms with Crippen LogP contribution in [0.15, 0.2) is 12.2 Å². The van der Waals surface area contributed by atoms with Crippen molar-refractivity contribution < 1.29 is 33.6 Å². The molecule has 7 nitrogen and oxygen atoms in total. The van der Waals surface area contributed by atoms with Gasteiger partial charge in [-0.1, -0.05) is 12.2 Å². The molecule has 2 heterocycles. The predicted molar refractivity (Wildman–Crippen MR) is 85.1 cm³/mol. The van der Waals surface area contributed by atoms with E-state index in [-0.39, 0.29) is 18.7 Å². The molecular weight excluding hydrogens is 316 g/mol. The molecule has 0 aromatic rings. The number of rotatable bonds is 7. The highest BCUT2D eigenvalue weighted by Gasteiger charge is 2.41. The molecule has 24 heavy (non-hydrogen) atoms. The summed E-state index contributed by atoms with van der Waals surface area (Å²) in [5.41, 5.74) is 0. The lowest BCUT2D eigenvalue weighted by atomic mass is 10.1. The van der Waals surface area contributed by atoms with Crippen LogP contribution in [0, 0.1) is 0 Å². The number of esters is 1. The van der Waals surface area contributed by atoms with Gasteiger partial charge in [-0.05, 0) is 33.1 Å². The molecule has 0 aromatic carbocycles. The first-order chi connectivity index (χ1) is 11.4. The molecule has 0 amide bonds. The van der Waals surface area contributed by atoms with Crippen molar-refractivity contribution in [1.29, 1.82) is 0 Å². The second-order valence-electron chi connectivity index (χ2n) is 6.46. The number of carbonyl (C=O) groups excluding carboxylic acids is 1. The van der Waals surface area contributed by atoms with Gasteiger partial charge in [-0.15, -0.1) is 0 Å². The largest absolute Gasteiger partial charge is 0.469 e. The Balaban J connectivity index is 1.99. The summed E-state index contributed by atoms with van der Waals surface area (Å²) in [6, 6.07) is 0. The zero-order valence-corrected chi connectivity index (χ0v) is 14.6. The summed E-state index contributed by atoms with van der Waals surface area (Å²) in [6.45, 7) is 4.62. The molecule has 2 aliphatic rings. The fraction of sp³-hybridized carbons (Fsp3) is 0.824. The standard InChI is InChI=1S/C17H28O7/c1-17(2)22-11-13(24-17)16(23-15-9-4-5-10-21-15)12(18)7-6-8-14(19)20-3/h6-7,12-13,15-16,18H,4-5,8-11H2,1-3H3/b7-6+/t12-,13?,15?,16?/m1/s1. The third-order valence-corrected chi connectivity index (χ3v) is 4.03. The highest BCUT2D eigenvalue weighted by Crippen LogP contribution is 2.29. The SMILES string of the molecule is COC(=O)C/C=C/[C@@H](O)C(OC1CCCCO1)C1COC(C)(C)O1. The molecule has 0 radical (unpaired) electrons. The van der Waals surface area contributed by atoms with Crippen LogP contribution in [-0.4, -0.2) is 61.8 Å². The Morgan fingerprint density at radius 3 is 2.79 bits per heavy atom. The fourth-order valence-electron chi connectivity index (χ4n) is 2.76. The number of carbonyl (C=O) groups is 1. The fourth-order valence-corrected chi connectivity index (χ4v) is 2.76. The Morgan fingerprint density at radius 1 is 1.42 bits per heavy atom. The second kappa shape index (κ2) is 8.92. The van der Waals surface area contributed by atoms with E-state index in [1.807, 2.05) is 13.8 Å². The number of methoxy groups -OCH3 is 1. The first-order valence-corrected chi connectivity index (χ1v) is 8.41. The van der Waals surface area contributed by atoms with E-state index in [0.29, 0.717) is 13.2 Å². The van der Waals surface area contributed by atoms with E-state index < -0.39 is 24.1 Å². The van der Waals surface area contributed by atoms with Crippen molar-refractivity contribution in [2.24, 2.45) is 0 Å². The third kappa shape index (κ3) is 5.82. The lowest BCUT2D eigenvalue weighted by Gasteiger charge is -2.32. The normalized spacial score (nSPS) is 29.5. The smallest absolute Gasteiger partial charge is 0.309 e. The molecule has 0 spiro atoms. The third-order valence-electron chi connectivity index (χ3n) is 4.03. The van der Waals surface area contributed by atoms with Crippen LogP contribution in [0.25, 0.3) is 0 Å². The van der Waals surface area contributed by atoms with Crippen molar-refractivity contribution in [3.05, 3.63) is 12.2 Å². The molecule has 0 aromatic heterocycles. The minimum absolute atomic E-state index is 0.0910. The Kier molecular flexibility index (Phi) is 7.18. The monoisotopic (exact) mass is 344 g/mol. The van der Waals surface area contributed by atoms with E-state index >= 15 is 0 Å². The number of ether oxygens (including phenoxy) is 5. The highest BCUT2D eigenvalue weighted by molar-refractivity contribution is 5.70. The summed E-state index contributed by atoms with van der Waals surface area (Å²) in [5, 5.41) is 10.5. The Hall–Kier alpha value is -0.990. The van der Waals surface area contributed by atoms with Crippen LogP contribution in [0.3, 0.4) is 0 Å². The van der Waals surface area contributed by atoms with Crippen molar-refractivity contribution in [3.63, 3.8) is 0 Å². The number of hydrogen-bond donors (Lipinski definition) is 1. The van der Waals surface area contributed by atoms with Crippen molar-refractivity contribution >= 4 is 5.97 Å². The molecule has 2 aliphatic heterocycles. The molecule has 3 unspecified atom stereocenters. The first-order valence-electron chi connectivity index (χ1n) is 8.41. The maximum absolute atomic E-state index is 11.2. The Morgan fingerprint density at radius 2 is 2.21 bits per heavy atom. The molecule has 0 saturated carbocycles. The summed E-state index contributed by atoms with van der Waals surface area (Å²) in [4.78, 5) is 11.2. The van der Waals surface area contributed by atoms with E-state index in [1.165, 1.54) is 13.2 Å². The summed E-state index contributed by atoms with van der Waals surface area (Å²) in [5.74, 6) is -1.08. The van der Waals surface area contributed by atoms with Crippen LogP contribution >= 0.6 is 0 Å². The van der Waals surface area contributed by atoms with Gasteiger partial charge in [0.2, 0.25) is 0 Å². The minimum Gasteiger partial charge on any atom is -0.469 e. The molecule has 0 bridgehead atoms. The molecule has 2 rings (SSSR count). The molecular formula is C17H28O7. The average Bonchev–Trinajstić information content (AvgIpc) is 2.93. The maximum Gasteiger partial charge on any atom is 0.309 e. The average molecular weight is 344 g/mol. The van der Waals surface area contributed by atoms with Crippen molar-refractivity contribution in [2.45, 2.75) is 69.9 Å². The first kappa shape index (κ1) is 19.3. The van der Waals surface area contributed by atoms with Crippen LogP contribution in [0.2, 0.25) is 0 Å². The second-order valence-corrected chi connectivity index (χ2v) is 6.46. The van der Waals surface area contributed by atoms with E-state index in [2.05, 4.69) is 4.74 Å². The number of aliphatic hydroxyl groups is 1. The van der Waals surface area contributed by atoms with Crippen molar-refractivity contribution in [1.82, 2.24) is 0 Å². The lowest BCUT2D eigenvalue weighted by molar-refractivity contribution is -0.232. The van der Waals surface area contributed by atoms with Gasteiger partial charge in [-0.2, -0.15) is 0 Å². The van der Waals surface area contributed by atoms with Gasteiger partial charge in [0.25, 0.3) is 0 Å². The molecule has 0 aliphatic carbocycles. The molecule has 138 valence electrons. The summed E-state index contributed by atoms with van der Waals surface area (Å²) >= 11 is 0. The van der Waals surface area contributed by atoms with Crippen LogP contribution in [-0.2, 0) is 28.5 Å². The van der Waals surface area contributed by atoms with Gasteiger partial charge >= 0.3 is 5.97 Å². The van der Waals surface area contributed by atoms with Gasteiger partial charge in [-0.25, -0.2) is 0 Å². The van der Waals surface area contributed by atoms with Gasteiger partial charge in [0, 0.05) is 6.61 Å². The van der Waals surface area contributed by atoms with Gasteiger partial charge in [0.15, 0.2) is 12.1 Å². The molecule has 2 fully saturated rings. The Labute approximate surface area is 142 Å². The maximum atomic E-state index is 11.2. The van der Waals surface area contributed by atoms with Crippen LogP contribution in [0.4, 0.5) is 0 Å². The highest BCUT2D eigenvalue weighted by atomic mass is 16.8. The van der Waals surface area contributed by atoms with Crippen LogP contribution in [0.1, 0.15) is 39.5 Å². The van der Waals surface area contributed by atoms with E-state index in [9.17, 15) is 9.90 Å². The lowest BCUT2D eigenvalue weighted by Crippen LogP contribution is -2.44. The van der Waals surface area contributed by atoms with Gasteiger partial charge in [0.05, 0.1) is 20.1 Å². The van der Waals surface area contributed by atoms with E-state index in [4.69, 9.17) is 18.9 Å². The number of hydrogen-bond acceptors (Lipinski definition) is 7. The quantitative estimate of drug-likeness (QED) is 0.554. The van der Waals surface area contributed by atoms with Gasteiger partial charge in [-0.3, -0.25) is 4.79 Å². The molecule has 7 heteroatoms. The van der Waals surface area contributed by atoms with Gasteiger partial charge < -0.3 is 28.8 Å². The van der Waals surface area contributed by atoms with E-state index in [1.54, 1.807) is 6.08 Å². The van der Waals surface area contributed by atoms with Crippen molar-refractivity contribution in [2.75, 3.05) is 20.3 Å². The Bertz CT molecular complexity index is 429. The zero-order valence-electron chi connectivity index (χ0n) is 14.6. The zero-order chi connectivity index (χ0) is 17.6. The van der Waals surface area contributed by atoms with E-state index in [0.717, 1.165) is 19.3 Å². The van der Waals surface area contributed by atoms with Crippen molar-refractivity contribution in [3.8, 4) is 0 Å². The predicted octanol–water partition coefficient (Wildman–Crippen LogP) is 1.53. The molecule has 2 saturated heterocycles. The molecule has 1 N–H and O–H groups in total. The number of aliphatic hydroxyl groups excluding tert-OH is 1. The van der Waals surface area contributed by atoms with Crippen LogP contribution in [0.5, 0.6) is 0 Å². The summed E-state index contributed by atoms with van der Waals surface area (Å²) < 4.78 is 27.6. The van der Waals surface area contributed by atoms with Crippen LogP contribution < -0.4 is 0 Å². The summed E-state index contributed by atoms with van der Waals surface area (Å²) in [7, 11) is 1.32. The van der Waals surface area contributed by atoms with Gasteiger partial charge in [0.1, 0.15) is 18.3 Å². The minimum atomic E-state index is -0.942. The topological polar surface area (TPSA) is 83.5 Å². The summed E-state index contributed by atoms with van der Waals surface area (Å²) in [6.07, 6.45) is 3.66.